The smallest absolute Gasteiger partial charge is 0.410 e. The van der Waals surface area contributed by atoms with Gasteiger partial charge in [-0.15, -0.1) is 0 Å². The fraction of sp³-hybridized carbons (Fsp3) is 0.833. The number of nitrogens with zero attached hydrogens (tertiary/aromatic N) is 1. The summed E-state index contributed by atoms with van der Waals surface area (Å²) in [6.45, 7) is 6.84. The quantitative estimate of drug-likeness (QED) is 0.642. The first-order chi connectivity index (χ1) is 7.82. The van der Waals surface area contributed by atoms with Crippen LogP contribution in [0.25, 0.3) is 0 Å². The zero-order valence-corrected chi connectivity index (χ0v) is 10.6. The third-order valence-corrected chi connectivity index (χ3v) is 3.07. The fourth-order valence-electron chi connectivity index (χ4n) is 2.22. The average molecular weight is 241 g/mol. The molecule has 2 aliphatic rings. The van der Waals surface area contributed by atoms with Crippen molar-refractivity contribution in [2.75, 3.05) is 19.8 Å². The van der Waals surface area contributed by atoms with Gasteiger partial charge in [0.05, 0.1) is 18.8 Å². The first kappa shape index (κ1) is 12.4. The van der Waals surface area contributed by atoms with Gasteiger partial charge >= 0.3 is 6.09 Å². The lowest BCUT2D eigenvalue weighted by Crippen LogP contribution is -2.67. The Bertz CT molecular complexity index is 341. The van der Waals surface area contributed by atoms with Gasteiger partial charge in [-0.1, -0.05) is 0 Å². The molecule has 1 amide bonds. The molecular weight excluding hydrogens is 222 g/mol. The molecule has 5 heteroatoms. The molecule has 0 aromatic rings. The fourth-order valence-corrected chi connectivity index (χ4v) is 2.22. The highest BCUT2D eigenvalue weighted by molar-refractivity contribution is 5.83. The number of likely N-dealkylation sites (tertiary alicyclic amines) is 1. The number of rotatable bonds is 0. The highest BCUT2D eigenvalue weighted by atomic mass is 16.6. The van der Waals surface area contributed by atoms with Crippen LogP contribution < -0.4 is 0 Å². The predicted molar refractivity (Wildman–Crippen MR) is 60.7 cm³/mol. The highest BCUT2D eigenvalue weighted by Crippen LogP contribution is 2.34. The Hall–Kier alpha value is -1.10. The molecule has 0 aromatic heterocycles. The van der Waals surface area contributed by atoms with Gasteiger partial charge in [-0.05, 0) is 20.8 Å². The van der Waals surface area contributed by atoms with Crippen molar-refractivity contribution < 1.29 is 19.1 Å². The van der Waals surface area contributed by atoms with E-state index in [9.17, 15) is 9.59 Å². The zero-order chi connectivity index (χ0) is 12.7. The summed E-state index contributed by atoms with van der Waals surface area (Å²) in [6, 6.07) is 0. The number of carbonyl (C=O) groups excluding carboxylic acids is 2. The summed E-state index contributed by atoms with van der Waals surface area (Å²) in [5.74, 6) is 0.202. The van der Waals surface area contributed by atoms with E-state index in [0.29, 0.717) is 32.6 Å². The van der Waals surface area contributed by atoms with Gasteiger partial charge in [0.25, 0.3) is 0 Å². The van der Waals surface area contributed by atoms with E-state index in [4.69, 9.17) is 9.47 Å². The van der Waals surface area contributed by atoms with Crippen LogP contribution in [0, 0.1) is 0 Å². The number of ether oxygens (including phenoxy) is 2. The Balaban J connectivity index is 2.08. The van der Waals surface area contributed by atoms with Gasteiger partial charge in [-0.2, -0.15) is 0 Å². The molecule has 17 heavy (non-hydrogen) atoms. The number of hydrogen-bond donors (Lipinski definition) is 0. The van der Waals surface area contributed by atoms with E-state index >= 15 is 0 Å². The van der Waals surface area contributed by atoms with Crippen molar-refractivity contribution in [1.29, 1.82) is 0 Å². The second-order valence-corrected chi connectivity index (χ2v) is 5.81. The standard InChI is InChI=1S/C12H19NO4/c1-11(2,3)17-10(15)13-5-4-9(14)6-12(13)7-16-8-12/h4-8H2,1-3H3. The number of carbonyl (C=O) groups is 2. The molecule has 2 rings (SSSR count). The molecule has 2 aliphatic heterocycles. The van der Waals surface area contributed by atoms with Crippen molar-refractivity contribution in [3.8, 4) is 0 Å². The van der Waals surface area contributed by atoms with Crippen molar-refractivity contribution in [3.05, 3.63) is 0 Å². The molecule has 0 unspecified atom stereocenters. The highest BCUT2D eigenvalue weighted by Gasteiger charge is 2.51. The topological polar surface area (TPSA) is 55.8 Å². The number of piperidine rings is 1. The maximum absolute atomic E-state index is 12.1. The number of Topliss-reactive ketones (excluding diaryl/α,β-unsaturated/α-hetero) is 1. The lowest BCUT2D eigenvalue weighted by molar-refractivity contribution is -0.161. The Kier molecular flexibility index (Phi) is 2.89. The second kappa shape index (κ2) is 3.98. The molecule has 0 N–H and O–H groups in total. The summed E-state index contributed by atoms with van der Waals surface area (Å²) in [6.07, 6.45) is 0.473. The minimum absolute atomic E-state index is 0.202. The molecule has 2 heterocycles. The molecule has 96 valence electrons. The molecule has 5 nitrogen and oxygen atoms in total. The number of amides is 1. The van der Waals surface area contributed by atoms with Crippen molar-refractivity contribution in [2.24, 2.45) is 0 Å². The molecule has 0 saturated carbocycles. The van der Waals surface area contributed by atoms with Crippen molar-refractivity contribution in [2.45, 2.75) is 44.8 Å². The van der Waals surface area contributed by atoms with Gasteiger partial charge in [0.2, 0.25) is 0 Å². The molecule has 2 saturated heterocycles. The molecule has 0 radical (unpaired) electrons. The summed E-state index contributed by atoms with van der Waals surface area (Å²) in [4.78, 5) is 25.2. The van der Waals surface area contributed by atoms with Crippen LogP contribution in [-0.2, 0) is 14.3 Å². The van der Waals surface area contributed by atoms with Gasteiger partial charge in [0, 0.05) is 19.4 Å². The van der Waals surface area contributed by atoms with E-state index in [1.165, 1.54) is 0 Å². The Labute approximate surface area is 101 Å². The second-order valence-electron chi connectivity index (χ2n) is 5.81. The van der Waals surface area contributed by atoms with Crippen molar-refractivity contribution in [3.63, 3.8) is 0 Å². The Morgan fingerprint density at radius 3 is 2.53 bits per heavy atom. The first-order valence-corrected chi connectivity index (χ1v) is 5.93. The van der Waals surface area contributed by atoms with Crippen LogP contribution in [0.3, 0.4) is 0 Å². The van der Waals surface area contributed by atoms with Crippen molar-refractivity contribution in [1.82, 2.24) is 4.90 Å². The van der Waals surface area contributed by atoms with Crippen LogP contribution in [0.15, 0.2) is 0 Å². The molecule has 0 bridgehead atoms. The van der Waals surface area contributed by atoms with Gasteiger partial charge in [-0.3, -0.25) is 9.69 Å². The maximum atomic E-state index is 12.1. The Morgan fingerprint density at radius 2 is 2.06 bits per heavy atom. The van der Waals surface area contributed by atoms with Crippen LogP contribution in [0.1, 0.15) is 33.6 Å². The summed E-state index contributed by atoms with van der Waals surface area (Å²) in [5, 5.41) is 0. The third kappa shape index (κ3) is 2.44. The first-order valence-electron chi connectivity index (χ1n) is 5.93. The third-order valence-electron chi connectivity index (χ3n) is 3.07. The van der Waals surface area contributed by atoms with Crippen LogP contribution in [0.5, 0.6) is 0 Å². The van der Waals surface area contributed by atoms with E-state index in [2.05, 4.69) is 0 Å². The number of ketones is 1. The molecular formula is C12H19NO4. The molecule has 2 fully saturated rings. The van der Waals surface area contributed by atoms with Gasteiger partial charge in [0.1, 0.15) is 11.4 Å². The minimum Gasteiger partial charge on any atom is -0.444 e. The predicted octanol–water partition coefficient (Wildman–Crippen LogP) is 1.36. The van der Waals surface area contributed by atoms with E-state index in [1.807, 2.05) is 20.8 Å². The zero-order valence-electron chi connectivity index (χ0n) is 10.6. The van der Waals surface area contributed by atoms with Crippen LogP contribution in [-0.4, -0.2) is 47.7 Å². The van der Waals surface area contributed by atoms with Crippen LogP contribution in [0.2, 0.25) is 0 Å². The van der Waals surface area contributed by atoms with Gasteiger partial charge < -0.3 is 9.47 Å². The lowest BCUT2D eigenvalue weighted by atomic mass is 9.84. The molecule has 0 aliphatic carbocycles. The SMILES string of the molecule is CC(C)(C)OC(=O)N1CCC(=O)CC12COC2. The van der Waals surface area contributed by atoms with E-state index < -0.39 is 11.1 Å². The van der Waals surface area contributed by atoms with Crippen LogP contribution in [0.4, 0.5) is 4.79 Å². The largest absolute Gasteiger partial charge is 0.444 e. The van der Waals surface area contributed by atoms with Gasteiger partial charge in [-0.25, -0.2) is 4.79 Å². The van der Waals surface area contributed by atoms with Crippen molar-refractivity contribution >= 4 is 11.9 Å². The van der Waals surface area contributed by atoms with E-state index in [-0.39, 0.29) is 11.9 Å². The summed E-state index contributed by atoms with van der Waals surface area (Å²) in [5.41, 5.74) is -0.942. The average Bonchev–Trinajstić information content (AvgIpc) is 2.12. The maximum Gasteiger partial charge on any atom is 0.410 e. The summed E-state index contributed by atoms with van der Waals surface area (Å²) >= 11 is 0. The molecule has 0 atom stereocenters. The summed E-state index contributed by atoms with van der Waals surface area (Å²) < 4.78 is 10.5. The molecule has 0 aromatic carbocycles. The normalized spacial score (nSPS) is 23.5. The molecule has 1 spiro atoms. The monoisotopic (exact) mass is 241 g/mol. The number of hydrogen-bond acceptors (Lipinski definition) is 4. The van der Waals surface area contributed by atoms with E-state index in [1.54, 1.807) is 4.90 Å². The van der Waals surface area contributed by atoms with Crippen LogP contribution >= 0.6 is 0 Å². The van der Waals surface area contributed by atoms with E-state index in [0.717, 1.165) is 0 Å². The lowest BCUT2D eigenvalue weighted by Gasteiger charge is -2.51. The van der Waals surface area contributed by atoms with Gasteiger partial charge in [0.15, 0.2) is 0 Å². The minimum atomic E-state index is -0.510. The summed E-state index contributed by atoms with van der Waals surface area (Å²) in [7, 11) is 0. The Morgan fingerprint density at radius 1 is 1.41 bits per heavy atom.